The number of rotatable bonds is 5. The van der Waals surface area contributed by atoms with Crippen molar-refractivity contribution in [1.82, 2.24) is 10.2 Å². The highest BCUT2D eigenvalue weighted by molar-refractivity contribution is 6.30. The molecular formula is C24H24ClFN2O. The Morgan fingerprint density at radius 2 is 1.79 bits per heavy atom. The van der Waals surface area contributed by atoms with E-state index in [1.807, 2.05) is 12.1 Å². The third kappa shape index (κ3) is 4.95. The molecule has 0 saturated carbocycles. The van der Waals surface area contributed by atoms with Crippen LogP contribution < -0.4 is 5.32 Å². The summed E-state index contributed by atoms with van der Waals surface area (Å²) in [6.45, 7) is 2.67. The third-order valence-corrected chi connectivity index (χ3v) is 5.88. The molecule has 1 saturated heterocycles. The van der Waals surface area contributed by atoms with Gasteiger partial charge in [0.25, 0.3) is 0 Å². The summed E-state index contributed by atoms with van der Waals surface area (Å²) in [6.07, 6.45) is 1.58. The smallest absolute Gasteiger partial charge is 0.223 e. The van der Waals surface area contributed by atoms with E-state index in [0.717, 1.165) is 31.5 Å². The van der Waals surface area contributed by atoms with Crippen LogP contribution in [0, 0.1) is 11.7 Å². The highest BCUT2D eigenvalue weighted by Gasteiger charge is 2.25. The molecule has 0 bridgehead atoms. The van der Waals surface area contributed by atoms with Gasteiger partial charge in [-0.3, -0.25) is 9.69 Å². The van der Waals surface area contributed by atoms with Gasteiger partial charge in [0, 0.05) is 29.6 Å². The first-order chi connectivity index (χ1) is 14.1. The van der Waals surface area contributed by atoms with Crippen LogP contribution in [0.1, 0.15) is 24.0 Å². The molecule has 1 N–H and O–H groups in total. The maximum absolute atomic E-state index is 14.0. The van der Waals surface area contributed by atoms with Crippen molar-refractivity contribution in [1.29, 1.82) is 0 Å². The molecule has 1 aliphatic heterocycles. The number of amides is 1. The molecule has 3 aromatic carbocycles. The molecular weight excluding hydrogens is 387 g/mol. The van der Waals surface area contributed by atoms with Crippen molar-refractivity contribution in [2.75, 3.05) is 13.1 Å². The molecule has 3 nitrogen and oxygen atoms in total. The monoisotopic (exact) mass is 410 g/mol. The van der Waals surface area contributed by atoms with Crippen LogP contribution in [0.3, 0.4) is 0 Å². The Hall–Kier alpha value is -2.43. The van der Waals surface area contributed by atoms with E-state index in [4.69, 9.17) is 11.6 Å². The number of nitrogens with one attached hydrogen (secondary N) is 1. The Morgan fingerprint density at radius 1 is 1.03 bits per heavy atom. The summed E-state index contributed by atoms with van der Waals surface area (Å²) in [5.41, 5.74) is 1.75. The summed E-state index contributed by atoms with van der Waals surface area (Å²) >= 11 is 5.82. The van der Waals surface area contributed by atoms with E-state index in [1.54, 1.807) is 12.1 Å². The van der Waals surface area contributed by atoms with Crippen molar-refractivity contribution in [3.63, 3.8) is 0 Å². The summed E-state index contributed by atoms with van der Waals surface area (Å²) < 4.78 is 14.0. The molecule has 5 heteroatoms. The first-order valence-corrected chi connectivity index (χ1v) is 10.4. The molecule has 29 heavy (non-hydrogen) atoms. The lowest BCUT2D eigenvalue weighted by Crippen LogP contribution is -2.40. The molecule has 1 heterocycles. The Balaban J connectivity index is 1.27. The van der Waals surface area contributed by atoms with Crippen LogP contribution in [0.25, 0.3) is 10.8 Å². The average Bonchev–Trinajstić information content (AvgIpc) is 2.74. The molecule has 0 aromatic heterocycles. The number of hydrogen-bond donors (Lipinski definition) is 1. The van der Waals surface area contributed by atoms with Crippen LogP contribution in [0.5, 0.6) is 0 Å². The molecule has 4 rings (SSSR count). The topological polar surface area (TPSA) is 32.3 Å². The van der Waals surface area contributed by atoms with E-state index < -0.39 is 0 Å². The van der Waals surface area contributed by atoms with Crippen LogP contribution in [-0.4, -0.2) is 23.9 Å². The van der Waals surface area contributed by atoms with Crippen molar-refractivity contribution in [3.8, 4) is 0 Å². The fourth-order valence-electron chi connectivity index (χ4n) is 3.93. The van der Waals surface area contributed by atoms with Gasteiger partial charge in [0.2, 0.25) is 5.91 Å². The number of benzene rings is 3. The number of likely N-dealkylation sites (tertiary alicyclic amines) is 1. The quantitative estimate of drug-likeness (QED) is 0.630. The Morgan fingerprint density at radius 3 is 2.55 bits per heavy atom. The predicted molar refractivity (Wildman–Crippen MR) is 115 cm³/mol. The summed E-state index contributed by atoms with van der Waals surface area (Å²) in [7, 11) is 0. The van der Waals surface area contributed by atoms with Gasteiger partial charge in [-0.05, 0) is 60.5 Å². The van der Waals surface area contributed by atoms with E-state index in [2.05, 4.69) is 40.5 Å². The fourth-order valence-corrected chi connectivity index (χ4v) is 4.09. The van der Waals surface area contributed by atoms with E-state index in [-0.39, 0.29) is 17.6 Å². The second kappa shape index (κ2) is 8.93. The molecule has 3 aromatic rings. The SMILES string of the molecule is O=C(NCc1ccc2ccccc2c1)C1CCN(Cc2ccc(Cl)cc2F)CC1. The van der Waals surface area contributed by atoms with Gasteiger partial charge >= 0.3 is 0 Å². The summed E-state index contributed by atoms with van der Waals surface area (Å²) in [5, 5.41) is 5.87. The number of nitrogens with zero attached hydrogens (tertiary/aromatic N) is 1. The lowest BCUT2D eigenvalue weighted by atomic mass is 9.95. The summed E-state index contributed by atoms with van der Waals surface area (Å²) in [6, 6.07) is 19.3. The maximum atomic E-state index is 14.0. The van der Waals surface area contributed by atoms with Gasteiger partial charge in [0.15, 0.2) is 0 Å². The van der Waals surface area contributed by atoms with Crippen molar-refractivity contribution >= 4 is 28.3 Å². The second-order valence-corrected chi connectivity index (χ2v) is 8.12. The van der Waals surface area contributed by atoms with Gasteiger partial charge < -0.3 is 5.32 Å². The average molecular weight is 411 g/mol. The van der Waals surface area contributed by atoms with Gasteiger partial charge in [-0.2, -0.15) is 0 Å². The number of carbonyl (C=O) groups excluding carboxylic acids is 1. The zero-order valence-electron chi connectivity index (χ0n) is 16.2. The van der Waals surface area contributed by atoms with E-state index in [1.165, 1.54) is 16.8 Å². The van der Waals surface area contributed by atoms with E-state index in [9.17, 15) is 9.18 Å². The van der Waals surface area contributed by atoms with Gasteiger partial charge in [0.1, 0.15) is 5.82 Å². The zero-order chi connectivity index (χ0) is 20.2. The van der Waals surface area contributed by atoms with Gasteiger partial charge in [0.05, 0.1) is 0 Å². The Labute approximate surface area is 175 Å². The summed E-state index contributed by atoms with van der Waals surface area (Å²) in [4.78, 5) is 14.8. The highest BCUT2D eigenvalue weighted by atomic mass is 35.5. The summed E-state index contributed by atoms with van der Waals surface area (Å²) in [5.74, 6) is -0.148. The van der Waals surface area contributed by atoms with E-state index in [0.29, 0.717) is 23.7 Å². The molecule has 0 aliphatic carbocycles. The van der Waals surface area contributed by atoms with Crippen molar-refractivity contribution in [2.24, 2.45) is 5.92 Å². The first-order valence-electron chi connectivity index (χ1n) is 10.0. The van der Waals surface area contributed by atoms with Crippen LogP contribution in [0.2, 0.25) is 5.02 Å². The minimum atomic E-state index is -0.271. The number of carbonyl (C=O) groups is 1. The van der Waals surface area contributed by atoms with Crippen LogP contribution in [0.15, 0.2) is 60.7 Å². The minimum absolute atomic E-state index is 0.0155. The van der Waals surface area contributed by atoms with Crippen LogP contribution in [0.4, 0.5) is 4.39 Å². The number of piperidine rings is 1. The van der Waals surface area contributed by atoms with Crippen LogP contribution in [-0.2, 0) is 17.9 Å². The first kappa shape index (κ1) is 19.9. The largest absolute Gasteiger partial charge is 0.352 e. The van der Waals surface area contributed by atoms with Gasteiger partial charge in [-0.15, -0.1) is 0 Å². The number of hydrogen-bond acceptors (Lipinski definition) is 2. The van der Waals surface area contributed by atoms with Gasteiger partial charge in [-0.1, -0.05) is 54.1 Å². The predicted octanol–water partition coefficient (Wildman–Crippen LogP) is 5.16. The zero-order valence-corrected chi connectivity index (χ0v) is 17.0. The lowest BCUT2D eigenvalue weighted by molar-refractivity contribution is -0.126. The third-order valence-electron chi connectivity index (χ3n) is 5.65. The van der Waals surface area contributed by atoms with Crippen LogP contribution >= 0.6 is 11.6 Å². The Bertz CT molecular complexity index is 1010. The lowest BCUT2D eigenvalue weighted by Gasteiger charge is -2.31. The van der Waals surface area contributed by atoms with E-state index >= 15 is 0 Å². The molecule has 0 radical (unpaired) electrons. The maximum Gasteiger partial charge on any atom is 0.223 e. The molecule has 1 amide bonds. The fraction of sp³-hybridized carbons (Fsp3) is 0.292. The second-order valence-electron chi connectivity index (χ2n) is 7.69. The highest BCUT2D eigenvalue weighted by Crippen LogP contribution is 2.22. The molecule has 1 aliphatic rings. The van der Waals surface area contributed by atoms with Crippen molar-refractivity contribution < 1.29 is 9.18 Å². The Kier molecular flexibility index (Phi) is 6.12. The van der Waals surface area contributed by atoms with Crippen molar-refractivity contribution in [2.45, 2.75) is 25.9 Å². The molecule has 1 fully saturated rings. The number of fused-ring (bicyclic) bond motifs is 1. The number of halogens is 2. The molecule has 150 valence electrons. The minimum Gasteiger partial charge on any atom is -0.352 e. The van der Waals surface area contributed by atoms with Crippen molar-refractivity contribution in [3.05, 3.63) is 82.6 Å². The normalized spacial score (nSPS) is 15.5. The molecule has 0 unspecified atom stereocenters. The molecule has 0 spiro atoms. The molecule has 0 atom stereocenters. The van der Waals surface area contributed by atoms with Gasteiger partial charge in [-0.25, -0.2) is 4.39 Å². The standard InChI is InChI=1S/C24H24ClFN2O/c25-22-8-7-21(23(26)14-22)16-28-11-9-19(10-12-28)24(29)27-15-17-5-6-18-3-1-2-4-20(18)13-17/h1-8,13-14,19H,9-12,15-16H2,(H,27,29).